The van der Waals surface area contributed by atoms with Gasteiger partial charge in [0.05, 0.1) is 11.4 Å². The van der Waals surface area contributed by atoms with Gasteiger partial charge in [0.15, 0.2) is 0 Å². The van der Waals surface area contributed by atoms with Gasteiger partial charge < -0.3 is 10.6 Å². The normalized spacial score (nSPS) is 11.3. The highest BCUT2D eigenvalue weighted by atomic mass is 32.2. The first-order valence-corrected chi connectivity index (χ1v) is 7.49. The number of hydrogen-bond donors (Lipinski definition) is 2. The Bertz CT molecular complexity index is 498. The molecule has 1 aromatic carbocycles. The number of aryl methyl sites for hydroxylation is 1. The fourth-order valence-corrected chi connectivity index (χ4v) is 2.79. The molecule has 1 aromatic rings. The van der Waals surface area contributed by atoms with Gasteiger partial charge in [0.1, 0.15) is 0 Å². The van der Waals surface area contributed by atoms with Crippen molar-refractivity contribution < 1.29 is 8.42 Å². The highest BCUT2D eigenvalue weighted by Gasteiger charge is 2.11. The van der Waals surface area contributed by atoms with Crippen molar-refractivity contribution in [3.8, 4) is 0 Å². The maximum absolute atomic E-state index is 11.7. The molecular weight excluding hydrogens is 250 g/mol. The van der Waals surface area contributed by atoms with E-state index >= 15 is 0 Å². The zero-order chi connectivity index (χ0) is 13.8. The van der Waals surface area contributed by atoms with Crippen LogP contribution in [-0.4, -0.2) is 34.8 Å². The van der Waals surface area contributed by atoms with Crippen LogP contribution < -0.4 is 15.4 Å². The van der Waals surface area contributed by atoms with E-state index < -0.39 is 10.0 Å². The molecule has 0 amide bonds. The molecule has 1 rings (SSSR count). The van der Waals surface area contributed by atoms with E-state index in [1.54, 1.807) is 6.07 Å². The lowest BCUT2D eigenvalue weighted by Crippen LogP contribution is -2.19. The summed E-state index contributed by atoms with van der Waals surface area (Å²) < 4.78 is 26.1. The molecule has 0 fully saturated rings. The molecule has 6 heteroatoms. The molecule has 0 aliphatic rings. The van der Waals surface area contributed by atoms with E-state index in [1.165, 1.54) is 0 Å². The molecule has 0 unspecified atom stereocenters. The van der Waals surface area contributed by atoms with Crippen molar-refractivity contribution in [1.29, 1.82) is 0 Å². The number of nitrogens with zero attached hydrogens (tertiary/aromatic N) is 1. The molecule has 0 atom stereocenters. The monoisotopic (exact) mass is 271 g/mol. The predicted molar refractivity (Wildman–Crippen MR) is 76.6 cm³/mol. The molecular formula is C12H21N3O2S. The van der Waals surface area contributed by atoms with E-state index in [9.17, 15) is 8.42 Å². The Balaban J connectivity index is 2.89. The molecule has 0 aliphatic carbocycles. The highest BCUT2D eigenvalue weighted by molar-refractivity contribution is 7.92. The lowest BCUT2D eigenvalue weighted by molar-refractivity contribution is 0.599. The number of sulfonamides is 1. The van der Waals surface area contributed by atoms with Crippen molar-refractivity contribution in [3.63, 3.8) is 0 Å². The fraction of sp³-hybridized carbons (Fsp3) is 0.500. The summed E-state index contributed by atoms with van der Waals surface area (Å²) in [6, 6.07) is 5.49. The van der Waals surface area contributed by atoms with Crippen LogP contribution in [0.2, 0.25) is 0 Å². The molecule has 18 heavy (non-hydrogen) atoms. The standard InChI is InChI=1S/C12H21N3O2S/c1-10-5-6-11(9-12(10)15(2)3)14-18(16,17)8-4-7-13/h5-6,9,14H,4,7-8,13H2,1-3H3. The SMILES string of the molecule is Cc1ccc(NS(=O)(=O)CCCN)cc1N(C)C. The Morgan fingerprint density at radius 1 is 1.33 bits per heavy atom. The third-order valence-corrected chi connectivity index (χ3v) is 3.95. The number of nitrogens with two attached hydrogens (primary N) is 1. The topological polar surface area (TPSA) is 75.4 Å². The Morgan fingerprint density at radius 2 is 2.00 bits per heavy atom. The predicted octanol–water partition coefficient (Wildman–Crippen LogP) is 1.15. The Kier molecular flexibility index (Phi) is 4.98. The van der Waals surface area contributed by atoms with Crippen LogP contribution in [0.3, 0.4) is 0 Å². The summed E-state index contributed by atoms with van der Waals surface area (Å²) in [5.41, 5.74) is 7.99. The summed E-state index contributed by atoms with van der Waals surface area (Å²) >= 11 is 0. The molecule has 3 N–H and O–H groups in total. The van der Waals surface area contributed by atoms with Crippen LogP contribution >= 0.6 is 0 Å². The fourth-order valence-electron chi connectivity index (χ4n) is 1.66. The molecule has 0 saturated heterocycles. The van der Waals surface area contributed by atoms with Crippen LogP contribution in [0.1, 0.15) is 12.0 Å². The minimum Gasteiger partial charge on any atom is -0.377 e. The maximum Gasteiger partial charge on any atom is 0.232 e. The summed E-state index contributed by atoms with van der Waals surface area (Å²) in [4.78, 5) is 1.95. The van der Waals surface area contributed by atoms with Crippen molar-refractivity contribution in [2.24, 2.45) is 5.73 Å². The Hall–Kier alpha value is -1.27. The van der Waals surface area contributed by atoms with E-state index in [0.29, 0.717) is 18.7 Å². The van der Waals surface area contributed by atoms with E-state index in [4.69, 9.17) is 5.73 Å². The number of hydrogen-bond acceptors (Lipinski definition) is 4. The van der Waals surface area contributed by atoms with E-state index in [2.05, 4.69) is 4.72 Å². The smallest absolute Gasteiger partial charge is 0.232 e. The van der Waals surface area contributed by atoms with Gasteiger partial charge in [-0.2, -0.15) is 0 Å². The number of rotatable bonds is 6. The lowest BCUT2D eigenvalue weighted by Gasteiger charge is -2.17. The largest absolute Gasteiger partial charge is 0.377 e. The van der Waals surface area contributed by atoms with Gasteiger partial charge in [-0.25, -0.2) is 8.42 Å². The van der Waals surface area contributed by atoms with Crippen molar-refractivity contribution >= 4 is 21.4 Å². The van der Waals surface area contributed by atoms with Crippen molar-refractivity contribution in [2.45, 2.75) is 13.3 Å². The minimum atomic E-state index is -3.30. The molecule has 0 aliphatic heterocycles. The molecule has 0 radical (unpaired) electrons. The third-order valence-electron chi connectivity index (χ3n) is 2.58. The molecule has 0 heterocycles. The van der Waals surface area contributed by atoms with Gasteiger partial charge in [0.25, 0.3) is 0 Å². The van der Waals surface area contributed by atoms with E-state index in [1.807, 2.05) is 38.1 Å². The van der Waals surface area contributed by atoms with Crippen molar-refractivity contribution in [2.75, 3.05) is 36.0 Å². The molecule has 0 saturated carbocycles. The second-order valence-corrected chi connectivity index (χ2v) is 6.30. The second kappa shape index (κ2) is 6.06. The van der Waals surface area contributed by atoms with Crippen LogP contribution in [0.4, 0.5) is 11.4 Å². The van der Waals surface area contributed by atoms with Gasteiger partial charge in [-0.05, 0) is 37.6 Å². The molecule has 0 aromatic heterocycles. The highest BCUT2D eigenvalue weighted by Crippen LogP contribution is 2.23. The van der Waals surface area contributed by atoms with Gasteiger partial charge in [-0.3, -0.25) is 4.72 Å². The third kappa shape index (κ3) is 4.19. The van der Waals surface area contributed by atoms with Crippen LogP contribution in [0.15, 0.2) is 18.2 Å². The van der Waals surface area contributed by atoms with Gasteiger partial charge in [-0.15, -0.1) is 0 Å². The average Bonchev–Trinajstić information content (AvgIpc) is 2.28. The average molecular weight is 271 g/mol. The van der Waals surface area contributed by atoms with E-state index in [0.717, 1.165) is 11.3 Å². The zero-order valence-electron chi connectivity index (χ0n) is 11.1. The lowest BCUT2D eigenvalue weighted by atomic mass is 10.2. The van der Waals surface area contributed by atoms with Gasteiger partial charge in [-0.1, -0.05) is 6.07 Å². The summed E-state index contributed by atoms with van der Waals surface area (Å²) in [5.74, 6) is 0.0503. The summed E-state index contributed by atoms with van der Waals surface area (Å²) in [6.45, 7) is 2.36. The number of anilines is 2. The summed E-state index contributed by atoms with van der Waals surface area (Å²) in [6.07, 6.45) is 0.460. The number of nitrogens with one attached hydrogen (secondary N) is 1. The number of benzene rings is 1. The van der Waals surface area contributed by atoms with Crippen LogP contribution in [0, 0.1) is 6.92 Å². The first-order valence-electron chi connectivity index (χ1n) is 5.84. The molecule has 5 nitrogen and oxygen atoms in total. The van der Waals surface area contributed by atoms with Crippen molar-refractivity contribution in [1.82, 2.24) is 0 Å². The molecule has 102 valence electrons. The van der Waals surface area contributed by atoms with Gasteiger partial charge in [0, 0.05) is 19.8 Å². The second-order valence-electron chi connectivity index (χ2n) is 4.46. The Labute approximate surface area is 109 Å². The first kappa shape index (κ1) is 14.8. The minimum absolute atomic E-state index is 0.0503. The summed E-state index contributed by atoms with van der Waals surface area (Å²) in [7, 11) is 0.551. The van der Waals surface area contributed by atoms with Gasteiger partial charge >= 0.3 is 0 Å². The van der Waals surface area contributed by atoms with E-state index in [-0.39, 0.29) is 5.75 Å². The maximum atomic E-state index is 11.7. The van der Waals surface area contributed by atoms with Crippen LogP contribution in [0.5, 0.6) is 0 Å². The first-order chi connectivity index (χ1) is 8.35. The quantitative estimate of drug-likeness (QED) is 0.814. The van der Waals surface area contributed by atoms with Crippen molar-refractivity contribution in [3.05, 3.63) is 23.8 Å². The molecule has 0 bridgehead atoms. The Morgan fingerprint density at radius 3 is 2.56 bits per heavy atom. The molecule has 0 spiro atoms. The van der Waals surface area contributed by atoms with Gasteiger partial charge in [0.2, 0.25) is 10.0 Å². The zero-order valence-corrected chi connectivity index (χ0v) is 11.9. The van der Waals surface area contributed by atoms with Crippen LogP contribution in [-0.2, 0) is 10.0 Å². The summed E-state index contributed by atoms with van der Waals surface area (Å²) in [5, 5.41) is 0. The van der Waals surface area contributed by atoms with Crippen LogP contribution in [0.25, 0.3) is 0 Å².